The molecule has 2 aromatic carbocycles. The summed E-state index contributed by atoms with van der Waals surface area (Å²) >= 11 is 2.04. The van der Waals surface area contributed by atoms with Gasteiger partial charge >= 0.3 is 162 Å². The van der Waals surface area contributed by atoms with Gasteiger partial charge in [-0.15, -0.1) is 0 Å². The van der Waals surface area contributed by atoms with Gasteiger partial charge in [0.1, 0.15) is 0 Å². The van der Waals surface area contributed by atoms with Crippen LogP contribution in [0.4, 0.5) is 13.2 Å². The number of alkyl halides is 3. The average molecular weight is 460 g/mol. The molecule has 5 nitrogen and oxygen atoms in total. The summed E-state index contributed by atoms with van der Waals surface area (Å²) in [6, 6.07) is 11.9. The summed E-state index contributed by atoms with van der Waals surface area (Å²) in [5.41, 5.74) is 0.986. The Balaban J connectivity index is 2.21. The third-order valence-electron chi connectivity index (χ3n) is 3.84. The maximum absolute atomic E-state index is 13.2. The summed E-state index contributed by atoms with van der Waals surface area (Å²) in [5, 5.41) is 8.82. The fourth-order valence-electron chi connectivity index (χ4n) is 2.52. The first-order valence-electron chi connectivity index (χ1n) is 7.57. The molecule has 3 rings (SSSR count). The van der Waals surface area contributed by atoms with E-state index in [4.69, 9.17) is 5.14 Å². The molecule has 0 radical (unpaired) electrons. The zero-order valence-electron chi connectivity index (χ0n) is 13.9. The van der Waals surface area contributed by atoms with Crippen molar-refractivity contribution in [1.82, 2.24) is 9.78 Å². The van der Waals surface area contributed by atoms with Crippen molar-refractivity contribution in [3.63, 3.8) is 0 Å². The molecule has 0 saturated carbocycles. The van der Waals surface area contributed by atoms with Crippen molar-refractivity contribution in [2.45, 2.75) is 18.0 Å². The third kappa shape index (κ3) is 4.08. The van der Waals surface area contributed by atoms with E-state index in [1.54, 1.807) is 24.3 Å². The summed E-state index contributed by atoms with van der Waals surface area (Å²) < 4.78 is 64.1. The molecule has 142 valence electrons. The average Bonchev–Trinajstić information content (AvgIpc) is 2.99. The number of nitrogens with zero attached hydrogens (tertiary/aromatic N) is 2. The number of hydrogen-bond donors (Lipinski definition) is 1. The normalized spacial score (nSPS) is 12.4. The quantitative estimate of drug-likeness (QED) is 0.608. The predicted molar refractivity (Wildman–Crippen MR) is 96.9 cm³/mol. The summed E-state index contributed by atoms with van der Waals surface area (Å²) in [7, 11) is -3.94. The number of sulfonamides is 1. The number of primary sulfonamides is 1. The second-order valence-electron chi connectivity index (χ2n) is 5.89. The van der Waals surface area contributed by atoms with Crippen LogP contribution in [0.1, 0.15) is 11.3 Å². The molecule has 0 bridgehead atoms. The monoisotopic (exact) mass is 461 g/mol. The molecule has 1 aromatic heterocycles. The van der Waals surface area contributed by atoms with Crippen LogP contribution in [0.2, 0.25) is 0 Å². The van der Waals surface area contributed by atoms with Gasteiger partial charge in [-0.2, -0.15) is 0 Å². The topological polar surface area (TPSA) is 78.0 Å². The van der Waals surface area contributed by atoms with Gasteiger partial charge in [-0.05, 0) is 0 Å². The molecule has 0 aliphatic rings. The van der Waals surface area contributed by atoms with E-state index in [-0.39, 0.29) is 20.7 Å². The van der Waals surface area contributed by atoms with Gasteiger partial charge in [0.05, 0.1) is 0 Å². The predicted octanol–water partition coefficient (Wildman–Crippen LogP) is 2.04. The van der Waals surface area contributed by atoms with Crippen LogP contribution < -0.4 is 9.60 Å². The molecular formula is C17H14F3N3O2SSe. The molecule has 0 aliphatic heterocycles. The van der Waals surface area contributed by atoms with Gasteiger partial charge in [0, 0.05) is 0 Å². The number of nitrogens with two attached hydrogens (primary N) is 1. The molecule has 0 fully saturated rings. The SMILES string of the molecule is Cc1ccc(-c2cc(C(F)(F)F)nn2-c2ccc(S(N)(=O)=O)c([SeH])c2)cc1. The molecular weight excluding hydrogens is 446 g/mol. The van der Waals surface area contributed by atoms with E-state index in [9.17, 15) is 21.6 Å². The summed E-state index contributed by atoms with van der Waals surface area (Å²) in [6.45, 7) is 1.87. The Morgan fingerprint density at radius 1 is 1.07 bits per heavy atom. The van der Waals surface area contributed by atoms with Gasteiger partial charge in [-0.3, -0.25) is 0 Å². The zero-order valence-corrected chi connectivity index (χ0v) is 16.6. The van der Waals surface area contributed by atoms with Crippen LogP contribution in [0.5, 0.6) is 0 Å². The van der Waals surface area contributed by atoms with Gasteiger partial charge in [0.2, 0.25) is 0 Å². The minimum absolute atomic E-state index is 0.119. The Morgan fingerprint density at radius 3 is 2.22 bits per heavy atom. The van der Waals surface area contributed by atoms with Crippen LogP contribution in [-0.4, -0.2) is 34.2 Å². The van der Waals surface area contributed by atoms with E-state index in [1.807, 2.05) is 22.9 Å². The third-order valence-corrected chi connectivity index (χ3v) is 5.92. The van der Waals surface area contributed by atoms with Gasteiger partial charge in [-0.1, -0.05) is 0 Å². The van der Waals surface area contributed by atoms with Crippen molar-refractivity contribution in [3.05, 3.63) is 59.8 Å². The summed E-state index contributed by atoms with van der Waals surface area (Å²) in [5.74, 6) is 0. The Labute approximate surface area is 161 Å². The van der Waals surface area contributed by atoms with Crippen molar-refractivity contribution in [1.29, 1.82) is 0 Å². The second-order valence-corrected chi connectivity index (χ2v) is 8.43. The first-order valence-corrected chi connectivity index (χ1v) is 10.1. The second kappa shape index (κ2) is 6.79. The van der Waals surface area contributed by atoms with E-state index < -0.39 is 21.9 Å². The number of rotatable bonds is 3. The molecule has 0 aliphatic carbocycles. The van der Waals surface area contributed by atoms with Crippen LogP contribution in [0.15, 0.2) is 53.4 Å². The molecule has 0 saturated heterocycles. The molecule has 1 heterocycles. The molecule has 0 unspecified atom stereocenters. The van der Waals surface area contributed by atoms with Crippen LogP contribution in [0.25, 0.3) is 16.9 Å². The first kappa shape index (κ1) is 19.6. The number of aryl methyl sites for hydroxylation is 1. The van der Waals surface area contributed by atoms with Crippen LogP contribution >= 0.6 is 0 Å². The fraction of sp³-hybridized carbons (Fsp3) is 0.118. The molecule has 0 amide bonds. The molecule has 2 N–H and O–H groups in total. The number of hydrogen-bond acceptors (Lipinski definition) is 3. The zero-order chi connectivity index (χ0) is 20.0. The Hall–Kier alpha value is -2.13. The molecule has 27 heavy (non-hydrogen) atoms. The van der Waals surface area contributed by atoms with Gasteiger partial charge in [0.15, 0.2) is 0 Å². The summed E-state index contributed by atoms with van der Waals surface area (Å²) in [4.78, 5) is -0.119. The van der Waals surface area contributed by atoms with E-state index in [2.05, 4.69) is 5.10 Å². The number of benzene rings is 2. The maximum atomic E-state index is 13.2. The van der Waals surface area contributed by atoms with Crippen molar-refractivity contribution in [3.8, 4) is 16.9 Å². The molecule has 0 atom stereocenters. The van der Waals surface area contributed by atoms with E-state index >= 15 is 0 Å². The Morgan fingerprint density at radius 2 is 1.70 bits per heavy atom. The van der Waals surface area contributed by atoms with Gasteiger partial charge < -0.3 is 0 Å². The van der Waals surface area contributed by atoms with Crippen LogP contribution in [-0.2, 0) is 16.2 Å². The Bertz CT molecular complexity index is 1110. The number of halogens is 3. The number of aromatic nitrogens is 2. The van der Waals surface area contributed by atoms with Gasteiger partial charge in [0.25, 0.3) is 0 Å². The first-order chi connectivity index (χ1) is 12.5. The standard InChI is InChI=1S/C17H14F3N3O2SSe/c1-10-2-4-11(5-3-10)13-9-16(17(18,19)20)22-23(13)12-6-7-14(15(27)8-12)26(21,24)25/h2-9,27H,1H3,(H2,21,24,25). The minimum atomic E-state index is -4.61. The van der Waals surface area contributed by atoms with Crippen molar-refractivity contribution < 1.29 is 21.6 Å². The van der Waals surface area contributed by atoms with Crippen molar-refractivity contribution >= 4 is 30.5 Å². The molecule has 0 spiro atoms. The molecule has 3 aromatic rings. The van der Waals surface area contributed by atoms with Gasteiger partial charge in [-0.25, -0.2) is 0 Å². The Kier molecular flexibility index (Phi) is 4.94. The fourth-order valence-corrected chi connectivity index (χ4v) is 4.37. The van der Waals surface area contributed by atoms with Crippen LogP contribution in [0, 0.1) is 6.92 Å². The summed E-state index contributed by atoms with van der Waals surface area (Å²) in [6.07, 6.45) is -4.61. The van der Waals surface area contributed by atoms with E-state index in [0.29, 0.717) is 5.56 Å². The van der Waals surface area contributed by atoms with Crippen molar-refractivity contribution in [2.24, 2.45) is 5.14 Å². The van der Waals surface area contributed by atoms with E-state index in [0.717, 1.165) is 16.3 Å². The van der Waals surface area contributed by atoms with Crippen molar-refractivity contribution in [2.75, 3.05) is 0 Å². The molecule has 10 heteroatoms. The van der Waals surface area contributed by atoms with E-state index in [1.165, 1.54) is 18.2 Å². The van der Waals surface area contributed by atoms with Crippen LogP contribution in [0.3, 0.4) is 0 Å².